The van der Waals surface area contributed by atoms with Crippen molar-refractivity contribution < 1.29 is 10.2 Å². The first-order valence-electron chi connectivity index (χ1n) is 14.3. The molecule has 0 heterocycles. The van der Waals surface area contributed by atoms with E-state index in [0.717, 1.165) is 33.8 Å². The van der Waals surface area contributed by atoms with E-state index in [1.807, 2.05) is 23.5 Å². The summed E-state index contributed by atoms with van der Waals surface area (Å²) >= 11 is 3.70. The van der Waals surface area contributed by atoms with Crippen molar-refractivity contribution in [3.05, 3.63) is 46.5 Å². The van der Waals surface area contributed by atoms with Gasteiger partial charge in [0.2, 0.25) is 0 Å². The Morgan fingerprint density at radius 1 is 0.526 bits per heavy atom. The highest BCUT2D eigenvalue weighted by Crippen LogP contribution is 2.50. The second kappa shape index (κ2) is 11.0. The number of hydrogen-bond donors (Lipinski definition) is 2. The Morgan fingerprint density at radius 2 is 0.842 bits per heavy atom. The molecule has 0 spiro atoms. The summed E-state index contributed by atoms with van der Waals surface area (Å²) in [6.45, 7) is 26.6. The highest BCUT2D eigenvalue weighted by Gasteiger charge is 2.33. The maximum atomic E-state index is 11.4. The number of benzene rings is 2. The lowest BCUT2D eigenvalue weighted by Gasteiger charge is -2.33. The Morgan fingerprint density at radius 3 is 1.11 bits per heavy atom. The molecule has 3 rings (SSSR count). The zero-order valence-electron chi connectivity index (χ0n) is 26.0. The van der Waals surface area contributed by atoms with Crippen LogP contribution in [0.25, 0.3) is 0 Å². The Kier molecular flexibility index (Phi) is 9.02. The molecule has 2 nitrogen and oxygen atoms in total. The molecule has 0 unspecified atom stereocenters. The minimum Gasteiger partial charge on any atom is -0.506 e. The van der Waals surface area contributed by atoms with Gasteiger partial charge in [-0.25, -0.2) is 0 Å². The standard InChI is InChI=1S/C34H52O2S2/c1-31(2,3)21-17-23(33(7,8)9)29(35)27(19-21)37-25-15-13-14-16-26(25)38-28-20-22(32(4,5)6)18-24(30(28)36)34(10,11)12/h17-20,25-26,35-36H,13-16H2,1-12H3/t25-,26-/m0/s1. The molecule has 2 aromatic carbocycles. The third-order valence-electron chi connectivity index (χ3n) is 7.70. The van der Waals surface area contributed by atoms with Gasteiger partial charge in [0.05, 0.1) is 9.79 Å². The van der Waals surface area contributed by atoms with Gasteiger partial charge in [0, 0.05) is 21.6 Å². The van der Waals surface area contributed by atoms with E-state index in [9.17, 15) is 10.2 Å². The van der Waals surface area contributed by atoms with E-state index >= 15 is 0 Å². The molecular formula is C34H52O2S2. The van der Waals surface area contributed by atoms with Crippen LogP contribution in [0.2, 0.25) is 0 Å². The molecule has 0 bridgehead atoms. The van der Waals surface area contributed by atoms with E-state index in [1.165, 1.54) is 24.0 Å². The lowest BCUT2D eigenvalue weighted by Crippen LogP contribution is -2.25. The second-order valence-electron chi connectivity index (χ2n) is 15.3. The number of thioether (sulfide) groups is 2. The predicted molar refractivity (Wildman–Crippen MR) is 169 cm³/mol. The first-order chi connectivity index (χ1) is 17.2. The van der Waals surface area contributed by atoms with Crippen LogP contribution in [0.1, 0.15) is 131 Å². The van der Waals surface area contributed by atoms with Crippen LogP contribution in [-0.2, 0) is 21.7 Å². The molecule has 2 atom stereocenters. The van der Waals surface area contributed by atoms with Crippen molar-refractivity contribution >= 4 is 23.5 Å². The summed E-state index contributed by atoms with van der Waals surface area (Å²) in [5, 5.41) is 23.6. The average Bonchev–Trinajstić information content (AvgIpc) is 2.74. The van der Waals surface area contributed by atoms with Crippen molar-refractivity contribution in [1.29, 1.82) is 0 Å². The minimum atomic E-state index is -0.135. The number of phenols is 2. The molecule has 0 aromatic heterocycles. The third kappa shape index (κ3) is 7.27. The topological polar surface area (TPSA) is 40.5 Å². The maximum absolute atomic E-state index is 11.4. The normalized spacial score (nSPS) is 19.6. The summed E-state index contributed by atoms with van der Waals surface area (Å²) in [6, 6.07) is 8.86. The van der Waals surface area contributed by atoms with Crippen LogP contribution in [-0.4, -0.2) is 20.7 Å². The van der Waals surface area contributed by atoms with Crippen molar-refractivity contribution in [3.8, 4) is 11.5 Å². The SMILES string of the molecule is CC(C)(C)c1cc(S[C@H]2CCCC[C@@H]2Sc2cc(C(C)(C)C)cc(C(C)(C)C)c2O)c(O)c(C(C)(C)C)c1. The average molecular weight is 557 g/mol. The van der Waals surface area contributed by atoms with Crippen LogP contribution in [0.5, 0.6) is 11.5 Å². The first kappa shape index (κ1) is 31.3. The summed E-state index contributed by atoms with van der Waals surface area (Å²) in [4.78, 5) is 2.01. The van der Waals surface area contributed by atoms with Crippen molar-refractivity contribution in [2.24, 2.45) is 0 Å². The van der Waals surface area contributed by atoms with E-state index in [2.05, 4.69) is 107 Å². The summed E-state index contributed by atoms with van der Waals surface area (Å²) in [5.41, 5.74) is 4.34. The quantitative estimate of drug-likeness (QED) is 0.393. The van der Waals surface area contributed by atoms with Gasteiger partial charge in [-0.2, -0.15) is 0 Å². The van der Waals surface area contributed by atoms with Crippen LogP contribution in [0.3, 0.4) is 0 Å². The van der Waals surface area contributed by atoms with Gasteiger partial charge in [-0.05, 0) is 57.8 Å². The highest BCUT2D eigenvalue weighted by molar-refractivity contribution is 8.04. The second-order valence-corrected chi connectivity index (χ2v) is 17.9. The highest BCUT2D eigenvalue weighted by atomic mass is 32.2. The van der Waals surface area contributed by atoms with E-state index in [-0.39, 0.29) is 21.7 Å². The van der Waals surface area contributed by atoms with E-state index < -0.39 is 0 Å². The van der Waals surface area contributed by atoms with Crippen LogP contribution in [0.15, 0.2) is 34.1 Å². The minimum absolute atomic E-state index is 0.00622. The van der Waals surface area contributed by atoms with Gasteiger partial charge in [0.15, 0.2) is 0 Å². The van der Waals surface area contributed by atoms with Gasteiger partial charge in [-0.15, -0.1) is 23.5 Å². The summed E-state index contributed by atoms with van der Waals surface area (Å²) in [5.74, 6) is 0.884. The molecule has 2 N–H and O–H groups in total. The fourth-order valence-electron chi connectivity index (χ4n) is 5.06. The molecule has 1 fully saturated rings. The van der Waals surface area contributed by atoms with Gasteiger partial charge in [0.25, 0.3) is 0 Å². The van der Waals surface area contributed by atoms with Crippen molar-refractivity contribution in [1.82, 2.24) is 0 Å². The van der Waals surface area contributed by atoms with Crippen molar-refractivity contribution in [2.75, 3.05) is 0 Å². The number of rotatable bonds is 4. The third-order valence-corrected chi connectivity index (χ3v) is 10.7. The monoisotopic (exact) mass is 556 g/mol. The molecule has 0 radical (unpaired) electrons. The van der Waals surface area contributed by atoms with Gasteiger partial charge in [0.1, 0.15) is 11.5 Å². The van der Waals surface area contributed by atoms with E-state index in [0.29, 0.717) is 22.0 Å². The molecule has 0 amide bonds. The lowest BCUT2D eigenvalue weighted by atomic mass is 9.80. The summed E-state index contributed by atoms with van der Waals surface area (Å²) in [6.07, 6.45) is 4.67. The number of phenolic OH excluding ortho intramolecular Hbond substituents is 2. The van der Waals surface area contributed by atoms with Crippen LogP contribution in [0, 0.1) is 0 Å². The summed E-state index contributed by atoms with van der Waals surface area (Å²) in [7, 11) is 0. The largest absolute Gasteiger partial charge is 0.506 e. The van der Waals surface area contributed by atoms with Crippen LogP contribution >= 0.6 is 23.5 Å². The molecular weight excluding hydrogens is 505 g/mol. The smallest absolute Gasteiger partial charge is 0.132 e. The predicted octanol–water partition coefficient (Wildman–Crippen LogP) is 10.5. The van der Waals surface area contributed by atoms with E-state index in [1.54, 1.807) is 0 Å². The number of hydrogen-bond acceptors (Lipinski definition) is 4. The van der Waals surface area contributed by atoms with Crippen molar-refractivity contribution in [2.45, 2.75) is 151 Å². The number of aromatic hydroxyl groups is 2. The first-order valence-corrected chi connectivity index (χ1v) is 16.0. The van der Waals surface area contributed by atoms with Crippen LogP contribution < -0.4 is 0 Å². The maximum Gasteiger partial charge on any atom is 0.132 e. The molecule has 2 aromatic rings. The zero-order valence-corrected chi connectivity index (χ0v) is 27.6. The van der Waals surface area contributed by atoms with Gasteiger partial charge in [-0.1, -0.05) is 108 Å². The molecule has 212 valence electrons. The fraction of sp³-hybridized carbons (Fsp3) is 0.647. The Bertz CT molecular complexity index is 1050. The molecule has 1 saturated carbocycles. The molecule has 4 heteroatoms. The zero-order chi connectivity index (χ0) is 28.8. The lowest BCUT2D eigenvalue weighted by molar-refractivity contribution is 0.430. The molecule has 0 aliphatic heterocycles. The van der Waals surface area contributed by atoms with Gasteiger partial charge in [-0.3, -0.25) is 0 Å². The van der Waals surface area contributed by atoms with Gasteiger partial charge < -0.3 is 10.2 Å². The molecule has 1 aliphatic rings. The van der Waals surface area contributed by atoms with E-state index in [4.69, 9.17) is 0 Å². The van der Waals surface area contributed by atoms with Gasteiger partial charge >= 0.3 is 0 Å². The van der Waals surface area contributed by atoms with Crippen LogP contribution in [0.4, 0.5) is 0 Å². The molecule has 1 aliphatic carbocycles. The fourth-order valence-corrected chi connectivity index (χ4v) is 8.03. The molecule has 38 heavy (non-hydrogen) atoms. The summed E-state index contributed by atoms with van der Waals surface area (Å²) < 4.78 is 0. The Labute approximate surface area is 241 Å². The molecule has 0 saturated heterocycles. The van der Waals surface area contributed by atoms with Crippen molar-refractivity contribution in [3.63, 3.8) is 0 Å². The Balaban J connectivity index is 2.03. The Hall–Kier alpha value is -1.26.